The maximum atomic E-state index is 5.61. The van der Waals surface area contributed by atoms with E-state index >= 15 is 0 Å². The van der Waals surface area contributed by atoms with E-state index in [2.05, 4.69) is 9.88 Å². The van der Waals surface area contributed by atoms with Gasteiger partial charge in [-0.3, -0.25) is 9.88 Å². The summed E-state index contributed by atoms with van der Waals surface area (Å²) in [5.74, 6) is 0.903. The number of methoxy groups -OCH3 is 1. The lowest BCUT2D eigenvalue weighted by Gasteiger charge is -2.24. The molecule has 0 aliphatic carbocycles. The fourth-order valence-corrected chi connectivity index (χ4v) is 2.89. The molecule has 2 heterocycles. The minimum atomic E-state index is 0.678. The Hall–Kier alpha value is -1.13. The number of nitrogens with zero attached hydrogens (tertiary/aromatic N) is 2. The lowest BCUT2D eigenvalue weighted by Crippen LogP contribution is -2.29. The molecule has 0 radical (unpaired) electrons. The van der Waals surface area contributed by atoms with Gasteiger partial charge in [-0.1, -0.05) is 0 Å². The first kappa shape index (κ1) is 14.3. The lowest BCUT2D eigenvalue weighted by molar-refractivity contribution is 0.229. The van der Waals surface area contributed by atoms with E-state index < -0.39 is 0 Å². The third-order valence-electron chi connectivity index (χ3n) is 3.82. The van der Waals surface area contributed by atoms with Gasteiger partial charge >= 0.3 is 0 Å². The van der Waals surface area contributed by atoms with Crippen molar-refractivity contribution in [2.75, 3.05) is 20.2 Å². The summed E-state index contributed by atoms with van der Waals surface area (Å²) in [5, 5.41) is 0. The molecule has 2 rings (SSSR count). The number of nitrogens with two attached hydrogens (primary N) is 1. The van der Waals surface area contributed by atoms with Gasteiger partial charge in [-0.15, -0.1) is 0 Å². The van der Waals surface area contributed by atoms with Crippen LogP contribution in [0.1, 0.15) is 37.1 Å². The highest BCUT2D eigenvalue weighted by Gasteiger charge is 2.24. The van der Waals surface area contributed by atoms with Crippen molar-refractivity contribution in [1.29, 1.82) is 0 Å². The maximum absolute atomic E-state index is 5.61. The first-order valence-corrected chi connectivity index (χ1v) is 7.18. The standard InChI is InChI=1S/C15H25N3O/c1-12-9-15(19-2)10-13(17-12)11-18-8-4-6-14(18)5-3-7-16/h9-10,14H,3-8,11,16H2,1-2H3. The van der Waals surface area contributed by atoms with Gasteiger partial charge < -0.3 is 10.5 Å². The number of pyridine rings is 1. The second kappa shape index (κ2) is 6.87. The Balaban J connectivity index is 2.01. The Morgan fingerprint density at radius 2 is 2.32 bits per heavy atom. The first-order valence-electron chi connectivity index (χ1n) is 7.18. The molecule has 1 unspecified atom stereocenters. The molecule has 2 N–H and O–H groups in total. The molecule has 0 aromatic carbocycles. The molecular formula is C15H25N3O. The summed E-state index contributed by atoms with van der Waals surface area (Å²) in [5.41, 5.74) is 7.74. The molecule has 1 aliphatic heterocycles. The number of hydrogen-bond donors (Lipinski definition) is 1. The highest BCUT2D eigenvalue weighted by atomic mass is 16.5. The number of hydrogen-bond acceptors (Lipinski definition) is 4. The van der Waals surface area contributed by atoms with Crippen LogP contribution in [0.4, 0.5) is 0 Å². The molecule has 1 atom stereocenters. The molecule has 1 aromatic heterocycles. The van der Waals surface area contributed by atoms with Gasteiger partial charge in [0.2, 0.25) is 0 Å². The van der Waals surface area contributed by atoms with Crippen LogP contribution in [0.2, 0.25) is 0 Å². The van der Waals surface area contributed by atoms with Crippen molar-refractivity contribution in [1.82, 2.24) is 9.88 Å². The van der Waals surface area contributed by atoms with Gasteiger partial charge in [0.05, 0.1) is 12.8 Å². The molecule has 1 aliphatic rings. The van der Waals surface area contributed by atoms with E-state index in [4.69, 9.17) is 10.5 Å². The molecule has 1 aromatic rings. The summed E-state index contributed by atoms with van der Waals surface area (Å²) in [4.78, 5) is 7.15. The van der Waals surface area contributed by atoms with E-state index in [-0.39, 0.29) is 0 Å². The van der Waals surface area contributed by atoms with Crippen molar-refractivity contribution < 1.29 is 4.74 Å². The van der Waals surface area contributed by atoms with Gasteiger partial charge in [0.15, 0.2) is 0 Å². The molecule has 0 saturated carbocycles. The van der Waals surface area contributed by atoms with Gasteiger partial charge in [-0.05, 0) is 45.7 Å². The summed E-state index contributed by atoms with van der Waals surface area (Å²) in [6.45, 7) is 4.91. The average Bonchev–Trinajstić information content (AvgIpc) is 2.83. The van der Waals surface area contributed by atoms with Crippen LogP contribution in [0.3, 0.4) is 0 Å². The fourth-order valence-electron chi connectivity index (χ4n) is 2.89. The van der Waals surface area contributed by atoms with Crippen molar-refractivity contribution in [2.24, 2.45) is 5.73 Å². The summed E-state index contributed by atoms with van der Waals surface area (Å²) in [7, 11) is 1.71. The normalized spacial score (nSPS) is 19.8. The lowest BCUT2D eigenvalue weighted by atomic mass is 10.1. The second-order valence-electron chi connectivity index (χ2n) is 5.34. The largest absolute Gasteiger partial charge is 0.497 e. The monoisotopic (exact) mass is 263 g/mol. The maximum Gasteiger partial charge on any atom is 0.122 e. The third-order valence-corrected chi connectivity index (χ3v) is 3.82. The molecule has 0 bridgehead atoms. The van der Waals surface area contributed by atoms with Gasteiger partial charge in [0.25, 0.3) is 0 Å². The van der Waals surface area contributed by atoms with E-state index in [9.17, 15) is 0 Å². The number of aryl methyl sites for hydroxylation is 1. The zero-order valence-electron chi connectivity index (χ0n) is 12.1. The molecule has 0 spiro atoms. The Morgan fingerprint density at radius 1 is 1.47 bits per heavy atom. The Kier molecular flexibility index (Phi) is 5.16. The predicted octanol–water partition coefficient (Wildman–Crippen LogP) is 2.10. The van der Waals surface area contributed by atoms with Crippen molar-refractivity contribution >= 4 is 0 Å². The summed E-state index contributed by atoms with van der Waals surface area (Å²) >= 11 is 0. The number of aromatic nitrogens is 1. The van der Waals surface area contributed by atoms with Crippen molar-refractivity contribution in [3.05, 3.63) is 23.5 Å². The van der Waals surface area contributed by atoms with Crippen LogP contribution in [0.25, 0.3) is 0 Å². The molecule has 0 amide bonds. The molecule has 1 saturated heterocycles. The van der Waals surface area contributed by atoms with Crippen LogP contribution in [0, 0.1) is 6.92 Å². The van der Waals surface area contributed by atoms with E-state index in [1.807, 2.05) is 19.1 Å². The van der Waals surface area contributed by atoms with Crippen molar-refractivity contribution in [2.45, 2.75) is 45.2 Å². The first-order chi connectivity index (χ1) is 9.22. The molecular weight excluding hydrogens is 238 g/mol. The minimum absolute atomic E-state index is 0.678. The number of likely N-dealkylation sites (tertiary alicyclic amines) is 1. The smallest absolute Gasteiger partial charge is 0.122 e. The molecule has 106 valence electrons. The molecule has 4 nitrogen and oxygen atoms in total. The van der Waals surface area contributed by atoms with Gasteiger partial charge in [0, 0.05) is 30.4 Å². The second-order valence-corrected chi connectivity index (χ2v) is 5.34. The van der Waals surface area contributed by atoms with Crippen molar-refractivity contribution in [3.63, 3.8) is 0 Å². The Labute approximate surface area is 116 Å². The highest BCUT2D eigenvalue weighted by molar-refractivity contribution is 5.26. The average molecular weight is 263 g/mol. The van der Waals surface area contributed by atoms with Gasteiger partial charge in [-0.25, -0.2) is 0 Å². The minimum Gasteiger partial charge on any atom is -0.497 e. The zero-order valence-corrected chi connectivity index (χ0v) is 12.1. The third kappa shape index (κ3) is 3.91. The quantitative estimate of drug-likeness (QED) is 0.854. The predicted molar refractivity (Wildman–Crippen MR) is 77.2 cm³/mol. The van der Waals surface area contributed by atoms with Crippen LogP contribution < -0.4 is 10.5 Å². The topological polar surface area (TPSA) is 51.4 Å². The van der Waals surface area contributed by atoms with Crippen LogP contribution in [-0.4, -0.2) is 36.1 Å². The highest BCUT2D eigenvalue weighted by Crippen LogP contribution is 2.24. The Bertz CT molecular complexity index is 408. The molecule has 1 fully saturated rings. The van der Waals surface area contributed by atoms with E-state index in [0.29, 0.717) is 6.04 Å². The summed E-state index contributed by atoms with van der Waals surface area (Å²) in [6, 6.07) is 4.70. The van der Waals surface area contributed by atoms with E-state index in [1.54, 1.807) is 7.11 Å². The summed E-state index contributed by atoms with van der Waals surface area (Å²) < 4.78 is 5.32. The Morgan fingerprint density at radius 3 is 3.05 bits per heavy atom. The van der Waals surface area contributed by atoms with Crippen LogP contribution >= 0.6 is 0 Å². The van der Waals surface area contributed by atoms with E-state index in [1.165, 1.54) is 25.8 Å². The number of rotatable bonds is 6. The van der Waals surface area contributed by atoms with E-state index in [0.717, 1.165) is 36.6 Å². The van der Waals surface area contributed by atoms with Gasteiger partial charge in [-0.2, -0.15) is 0 Å². The van der Waals surface area contributed by atoms with Crippen LogP contribution in [0.15, 0.2) is 12.1 Å². The number of ether oxygens (including phenoxy) is 1. The van der Waals surface area contributed by atoms with Crippen molar-refractivity contribution in [3.8, 4) is 5.75 Å². The zero-order chi connectivity index (χ0) is 13.7. The van der Waals surface area contributed by atoms with Crippen LogP contribution in [0.5, 0.6) is 5.75 Å². The SMILES string of the molecule is COc1cc(C)nc(CN2CCCC2CCCN)c1. The summed E-state index contributed by atoms with van der Waals surface area (Å²) in [6.07, 6.45) is 4.91. The molecule has 4 heteroatoms. The fraction of sp³-hybridized carbons (Fsp3) is 0.667. The molecule has 19 heavy (non-hydrogen) atoms. The van der Waals surface area contributed by atoms with Crippen LogP contribution in [-0.2, 0) is 6.54 Å². The van der Waals surface area contributed by atoms with Gasteiger partial charge in [0.1, 0.15) is 5.75 Å².